The van der Waals surface area contributed by atoms with Gasteiger partial charge in [-0.1, -0.05) is 36.4 Å². The molecule has 0 radical (unpaired) electrons. The Morgan fingerprint density at radius 3 is 2.67 bits per heavy atom. The number of nitrogens with zero attached hydrogens (tertiary/aromatic N) is 1. The second-order valence-electron chi connectivity index (χ2n) is 4.36. The molecule has 1 aliphatic heterocycles. The third-order valence-electron chi connectivity index (χ3n) is 3.20. The molecule has 1 heterocycles. The lowest BCUT2D eigenvalue weighted by Gasteiger charge is -2.23. The van der Waals surface area contributed by atoms with Crippen LogP contribution in [0, 0.1) is 0 Å². The number of halogens is 1. The zero-order chi connectivity index (χ0) is 11.7. The van der Waals surface area contributed by atoms with E-state index >= 15 is 0 Å². The summed E-state index contributed by atoms with van der Waals surface area (Å²) in [6, 6.07) is 15.2. The Labute approximate surface area is 113 Å². The molecule has 0 fully saturated rings. The average Bonchev–Trinajstić information content (AvgIpc) is 2.38. The zero-order valence-corrected chi connectivity index (χ0v) is 10.8. The van der Waals surface area contributed by atoms with Crippen LogP contribution >= 0.6 is 12.4 Å². The zero-order valence-electron chi connectivity index (χ0n) is 9.97. The van der Waals surface area contributed by atoms with Crippen LogP contribution in [-0.2, 0) is 0 Å². The molecule has 0 aliphatic carbocycles. The van der Waals surface area contributed by atoms with E-state index in [2.05, 4.69) is 52.8 Å². The van der Waals surface area contributed by atoms with Gasteiger partial charge in [-0.3, -0.25) is 4.99 Å². The van der Waals surface area contributed by atoms with Crippen LogP contribution < -0.4 is 11.1 Å². The van der Waals surface area contributed by atoms with E-state index in [-0.39, 0.29) is 18.4 Å². The van der Waals surface area contributed by atoms with Crippen LogP contribution in [0.4, 0.5) is 0 Å². The SMILES string of the molecule is Cl.NC1=NCCC(c2ccc3ccccc3c2)N1. The molecule has 18 heavy (non-hydrogen) atoms. The molecule has 2 aromatic rings. The van der Waals surface area contributed by atoms with E-state index in [9.17, 15) is 0 Å². The minimum atomic E-state index is 0. The summed E-state index contributed by atoms with van der Waals surface area (Å²) in [7, 11) is 0. The van der Waals surface area contributed by atoms with Crippen LogP contribution in [-0.4, -0.2) is 12.5 Å². The molecule has 1 unspecified atom stereocenters. The van der Waals surface area contributed by atoms with E-state index in [1.807, 2.05) is 0 Å². The van der Waals surface area contributed by atoms with Gasteiger partial charge in [0.1, 0.15) is 0 Å². The monoisotopic (exact) mass is 261 g/mol. The largest absolute Gasteiger partial charge is 0.370 e. The van der Waals surface area contributed by atoms with Crippen molar-refractivity contribution in [2.75, 3.05) is 6.54 Å². The molecular weight excluding hydrogens is 246 g/mol. The highest BCUT2D eigenvalue weighted by Crippen LogP contribution is 2.23. The number of guanidine groups is 1. The van der Waals surface area contributed by atoms with Crippen molar-refractivity contribution < 1.29 is 0 Å². The van der Waals surface area contributed by atoms with Crippen molar-refractivity contribution >= 4 is 29.1 Å². The fourth-order valence-electron chi connectivity index (χ4n) is 2.28. The highest BCUT2D eigenvalue weighted by Gasteiger charge is 2.15. The van der Waals surface area contributed by atoms with E-state index in [1.54, 1.807) is 0 Å². The number of rotatable bonds is 1. The molecule has 0 saturated heterocycles. The lowest BCUT2D eigenvalue weighted by Crippen LogP contribution is -2.38. The predicted molar refractivity (Wildman–Crippen MR) is 78.2 cm³/mol. The van der Waals surface area contributed by atoms with Gasteiger partial charge in [-0.05, 0) is 28.8 Å². The number of hydrogen-bond donors (Lipinski definition) is 2. The summed E-state index contributed by atoms with van der Waals surface area (Å²) in [5.74, 6) is 0.550. The summed E-state index contributed by atoms with van der Waals surface area (Å²) in [6.45, 7) is 0.802. The summed E-state index contributed by atoms with van der Waals surface area (Å²) in [4.78, 5) is 4.15. The van der Waals surface area contributed by atoms with E-state index in [0.29, 0.717) is 5.96 Å². The van der Waals surface area contributed by atoms with Crippen LogP contribution in [0.1, 0.15) is 18.0 Å². The van der Waals surface area contributed by atoms with Gasteiger partial charge in [0.15, 0.2) is 5.96 Å². The lowest BCUT2D eigenvalue weighted by molar-refractivity contribution is 0.569. The quantitative estimate of drug-likeness (QED) is 0.829. The van der Waals surface area contributed by atoms with E-state index < -0.39 is 0 Å². The van der Waals surface area contributed by atoms with Gasteiger partial charge in [0, 0.05) is 6.54 Å². The van der Waals surface area contributed by atoms with Crippen molar-refractivity contribution in [2.45, 2.75) is 12.5 Å². The lowest BCUT2D eigenvalue weighted by atomic mass is 9.99. The predicted octanol–water partition coefficient (Wildman–Crippen LogP) is 2.61. The average molecular weight is 262 g/mol. The van der Waals surface area contributed by atoms with Gasteiger partial charge in [-0.25, -0.2) is 0 Å². The molecule has 0 saturated carbocycles. The van der Waals surface area contributed by atoms with Gasteiger partial charge in [0.2, 0.25) is 0 Å². The molecule has 1 aliphatic rings. The van der Waals surface area contributed by atoms with Gasteiger partial charge >= 0.3 is 0 Å². The van der Waals surface area contributed by atoms with Crippen molar-refractivity contribution in [2.24, 2.45) is 10.7 Å². The summed E-state index contributed by atoms with van der Waals surface area (Å²) in [5.41, 5.74) is 6.99. The van der Waals surface area contributed by atoms with Crippen molar-refractivity contribution in [3.63, 3.8) is 0 Å². The van der Waals surface area contributed by atoms with Crippen LogP contribution in [0.15, 0.2) is 47.5 Å². The Kier molecular flexibility index (Phi) is 3.72. The number of fused-ring (bicyclic) bond motifs is 1. The molecule has 0 amide bonds. The smallest absolute Gasteiger partial charge is 0.189 e. The molecule has 3 nitrogen and oxygen atoms in total. The molecule has 3 rings (SSSR count). The third kappa shape index (κ3) is 2.41. The number of aliphatic imine (C=N–C) groups is 1. The van der Waals surface area contributed by atoms with Gasteiger partial charge in [-0.15, -0.1) is 12.4 Å². The second-order valence-corrected chi connectivity index (χ2v) is 4.36. The summed E-state index contributed by atoms with van der Waals surface area (Å²) < 4.78 is 0. The van der Waals surface area contributed by atoms with Gasteiger partial charge in [-0.2, -0.15) is 0 Å². The summed E-state index contributed by atoms with van der Waals surface area (Å²) >= 11 is 0. The number of benzene rings is 2. The van der Waals surface area contributed by atoms with Crippen molar-refractivity contribution in [3.05, 3.63) is 48.0 Å². The third-order valence-corrected chi connectivity index (χ3v) is 3.20. The van der Waals surface area contributed by atoms with E-state index in [1.165, 1.54) is 16.3 Å². The highest BCUT2D eigenvalue weighted by molar-refractivity contribution is 5.85. The Morgan fingerprint density at radius 2 is 1.89 bits per heavy atom. The van der Waals surface area contributed by atoms with Crippen LogP contribution in [0.25, 0.3) is 10.8 Å². The van der Waals surface area contributed by atoms with Crippen molar-refractivity contribution in [3.8, 4) is 0 Å². The van der Waals surface area contributed by atoms with E-state index in [4.69, 9.17) is 5.73 Å². The first-order valence-corrected chi connectivity index (χ1v) is 5.88. The Balaban J connectivity index is 0.00000120. The van der Waals surface area contributed by atoms with Crippen molar-refractivity contribution in [1.82, 2.24) is 5.32 Å². The molecular formula is C14H16ClN3. The molecule has 4 heteroatoms. The minimum absolute atomic E-state index is 0. The van der Waals surface area contributed by atoms with E-state index in [0.717, 1.165) is 13.0 Å². The highest BCUT2D eigenvalue weighted by atomic mass is 35.5. The minimum Gasteiger partial charge on any atom is -0.370 e. The Morgan fingerprint density at radius 1 is 1.11 bits per heavy atom. The standard InChI is InChI=1S/C14H15N3.ClH/c15-14-16-8-7-13(17-14)12-6-5-10-3-1-2-4-11(10)9-12;/h1-6,9,13H,7-8H2,(H3,15,16,17);1H. The van der Waals surface area contributed by atoms with Gasteiger partial charge in [0.05, 0.1) is 6.04 Å². The summed E-state index contributed by atoms with van der Waals surface area (Å²) in [5, 5.41) is 5.77. The van der Waals surface area contributed by atoms with Crippen LogP contribution in [0.2, 0.25) is 0 Å². The molecule has 1 atom stereocenters. The Hall–Kier alpha value is -1.74. The van der Waals surface area contributed by atoms with Gasteiger partial charge < -0.3 is 11.1 Å². The molecule has 94 valence electrons. The molecule has 2 aromatic carbocycles. The second kappa shape index (κ2) is 5.27. The fourth-order valence-corrected chi connectivity index (χ4v) is 2.28. The van der Waals surface area contributed by atoms with Gasteiger partial charge in [0.25, 0.3) is 0 Å². The maximum Gasteiger partial charge on any atom is 0.189 e. The summed E-state index contributed by atoms with van der Waals surface area (Å²) in [6.07, 6.45) is 0.999. The number of hydrogen-bond acceptors (Lipinski definition) is 3. The first-order chi connectivity index (χ1) is 8.33. The number of nitrogens with one attached hydrogen (secondary N) is 1. The molecule has 0 spiro atoms. The maximum absolute atomic E-state index is 5.71. The Bertz CT molecular complexity index is 580. The normalized spacial score (nSPS) is 18.7. The molecule has 0 aromatic heterocycles. The number of nitrogens with two attached hydrogens (primary N) is 1. The fraction of sp³-hybridized carbons (Fsp3) is 0.214. The topological polar surface area (TPSA) is 50.4 Å². The van der Waals surface area contributed by atoms with Crippen molar-refractivity contribution in [1.29, 1.82) is 0 Å². The first kappa shape index (κ1) is 12.7. The molecule has 0 bridgehead atoms. The van der Waals surface area contributed by atoms with Crippen LogP contribution in [0.5, 0.6) is 0 Å². The first-order valence-electron chi connectivity index (χ1n) is 5.88. The van der Waals surface area contributed by atoms with Crippen LogP contribution in [0.3, 0.4) is 0 Å². The molecule has 3 N–H and O–H groups in total. The maximum atomic E-state index is 5.71.